The highest BCUT2D eigenvalue weighted by Crippen LogP contribution is 2.33. The SMILES string of the molecule is CCC(NCCCC1CC1)c1ccc(OC)cc1. The normalized spacial score (nSPS) is 16.6. The van der Waals surface area contributed by atoms with E-state index in [4.69, 9.17) is 4.74 Å². The van der Waals surface area contributed by atoms with Crippen LogP contribution in [0.25, 0.3) is 0 Å². The molecule has 2 rings (SSSR count). The summed E-state index contributed by atoms with van der Waals surface area (Å²) in [5, 5.41) is 3.67. The van der Waals surface area contributed by atoms with Gasteiger partial charge in [-0.05, 0) is 49.4 Å². The van der Waals surface area contributed by atoms with Gasteiger partial charge in [-0.25, -0.2) is 0 Å². The fourth-order valence-corrected chi connectivity index (χ4v) is 2.41. The molecule has 18 heavy (non-hydrogen) atoms. The van der Waals surface area contributed by atoms with Crippen LogP contribution in [0.1, 0.15) is 50.6 Å². The molecule has 0 aliphatic heterocycles. The fourth-order valence-electron chi connectivity index (χ4n) is 2.41. The molecule has 1 aliphatic rings. The van der Waals surface area contributed by atoms with E-state index in [9.17, 15) is 0 Å². The van der Waals surface area contributed by atoms with Gasteiger partial charge in [0.05, 0.1) is 7.11 Å². The van der Waals surface area contributed by atoms with Crippen LogP contribution in [0.5, 0.6) is 5.75 Å². The van der Waals surface area contributed by atoms with Crippen LogP contribution < -0.4 is 10.1 Å². The van der Waals surface area contributed by atoms with Crippen LogP contribution in [0, 0.1) is 5.92 Å². The first kappa shape index (κ1) is 13.4. The van der Waals surface area contributed by atoms with Crippen LogP contribution in [0.15, 0.2) is 24.3 Å². The minimum Gasteiger partial charge on any atom is -0.497 e. The lowest BCUT2D eigenvalue weighted by Gasteiger charge is -2.17. The van der Waals surface area contributed by atoms with Crippen molar-refractivity contribution in [2.75, 3.05) is 13.7 Å². The van der Waals surface area contributed by atoms with Crippen LogP contribution in [-0.4, -0.2) is 13.7 Å². The maximum Gasteiger partial charge on any atom is 0.118 e. The van der Waals surface area contributed by atoms with Crippen molar-refractivity contribution in [3.63, 3.8) is 0 Å². The molecular weight excluding hydrogens is 222 g/mol. The summed E-state index contributed by atoms with van der Waals surface area (Å²) >= 11 is 0. The minimum atomic E-state index is 0.482. The Morgan fingerprint density at radius 1 is 1.28 bits per heavy atom. The van der Waals surface area contributed by atoms with Gasteiger partial charge in [0, 0.05) is 6.04 Å². The molecule has 2 heteroatoms. The lowest BCUT2D eigenvalue weighted by atomic mass is 10.0. The van der Waals surface area contributed by atoms with Gasteiger partial charge in [-0.3, -0.25) is 0 Å². The molecule has 0 radical (unpaired) electrons. The lowest BCUT2D eigenvalue weighted by molar-refractivity contribution is 0.414. The third-order valence-electron chi connectivity index (χ3n) is 3.80. The molecule has 1 aromatic carbocycles. The third-order valence-corrected chi connectivity index (χ3v) is 3.80. The van der Waals surface area contributed by atoms with Gasteiger partial charge in [0.2, 0.25) is 0 Å². The number of hydrogen-bond donors (Lipinski definition) is 1. The summed E-state index contributed by atoms with van der Waals surface area (Å²) in [6, 6.07) is 8.91. The van der Waals surface area contributed by atoms with E-state index < -0.39 is 0 Å². The van der Waals surface area contributed by atoms with Crippen molar-refractivity contribution in [2.45, 2.75) is 45.1 Å². The number of rotatable bonds is 8. The summed E-state index contributed by atoms with van der Waals surface area (Å²) in [5.41, 5.74) is 1.37. The molecule has 1 fully saturated rings. The molecule has 1 N–H and O–H groups in total. The standard InChI is InChI=1S/C16H25NO/c1-3-16(17-12-4-5-13-6-7-13)14-8-10-15(18-2)11-9-14/h8-11,13,16-17H,3-7,12H2,1-2H3. The van der Waals surface area contributed by atoms with Gasteiger partial charge in [-0.1, -0.05) is 31.9 Å². The Bertz CT molecular complexity index is 343. The molecule has 0 aromatic heterocycles. The van der Waals surface area contributed by atoms with Crippen molar-refractivity contribution in [3.8, 4) is 5.75 Å². The maximum atomic E-state index is 5.19. The zero-order valence-electron chi connectivity index (χ0n) is 11.6. The first-order chi connectivity index (χ1) is 8.83. The lowest BCUT2D eigenvalue weighted by Crippen LogP contribution is -2.21. The quantitative estimate of drug-likeness (QED) is 0.703. The second-order valence-electron chi connectivity index (χ2n) is 5.27. The van der Waals surface area contributed by atoms with E-state index in [1.807, 2.05) is 12.1 Å². The van der Waals surface area contributed by atoms with Crippen LogP contribution in [0.3, 0.4) is 0 Å². The largest absolute Gasteiger partial charge is 0.497 e. The molecular formula is C16H25NO. The molecule has 0 spiro atoms. The van der Waals surface area contributed by atoms with Crippen LogP contribution in [-0.2, 0) is 0 Å². The van der Waals surface area contributed by atoms with E-state index in [0.29, 0.717) is 6.04 Å². The monoisotopic (exact) mass is 247 g/mol. The highest BCUT2D eigenvalue weighted by molar-refractivity contribution is 5.29. The predicted molar refractivity (Wildman–Crippen MR) is 76.0 cm³/mol. The van der Waals surface area contributed by atoms with E-state index in [1.54, 1.807) is 7.11 Å². The first-order valence-electron chi connectivity index (χ1n) is 7.20. The summed E-state index contributed by atoms with van der Waals surface area (Å²) in [6.07, 6.45) is 6.80. The number of methoxy groups -OCH3 is 1. The Morgan fingerprint density at radius 2 is 2.00 bits per heavy atom. The van der Waals surface area contributed by atoms with Crippen molar-refractivity contribution in [1.29, 1.82) is 0 Å². The van der Waals surface area contributed by atoms with Gasteiger partial charge in [-0.15, -0.1) is 0 Å². The van der Waals surface area contributed by atoms with Gasteiger partial charge >= 0.3 is 0 Å². The van der Waals surface area contributed by atoms with Crippen LogP contribution in [0.2, 0.25) is 0 Å². The van der Waals surface area contributed by atoms with Crippen molar-refractivity contribution in [2.24, 2.45) is 5.92 Å². The van der Waals surface area contributed by atoms with Gasteiger partial charge in [0.25, 0.3) is 0 Å². The van der Waals surface area contributed by atoms with Gasteiger partial charge in [0.15, 0.2) is 0 Å². The molecule has 2 nitrogen and oxygen atoms in total. The fraction of sp³-hybridized carbons (Fsp3) is 0.625. The molecule has 0 amide bonds. The number of benzene rings is 1. The number of hydrogen-bond acceptors (Lipinski definition) is 2. The number of nitrogens with one attached hydrogen (secondary N) is 1. The summed E-state index contributed by atoms with van der Waals surface area (Å²) in [7, 11) is 1.71. The molecule has 1 atom stereocenters. The summed E-state index contributed by atoms with van der Waals surface area (Å²) in [5.74, 6) is 1.98. The Labute approximate surface area is 111 Å². The van der Waals surface area contributed by atoms with Crippen molar-refractivity contribution >= 4 is 0 Å². The van der Waals surface area contributed by atoms with Crippen molar-refractivity contribution < 1.29 is 4.74 Å². The van der Waals surface area contributed by atoms with E-state index in [-0.39, 0.29) is 0 Å². The number of ether oxygens (including phenoxy) is 1. The first-order valence-corrected chi connectivity index (χ1v) is 7.20. The van der Waals surface area contributed by atoms with Crippen LogP contribution in [0.4, 0.5) is 0 Å². The average Bonchev–Trinajstić information content (AvgIpc) is 3.23. The molecule has 0 bridgehead atoms. The Balaban J connectivity index is 1.78. The zero-order chi connectivity index (χ0) is 12.8. The minimum absolute atomic E-state index is 0.482. The van der Waals surface area contributed by atoms with E-state index in [1.165, 1.54) is 31.2 Å². The second kappa shape index (κ2) is 6.79. The van der Waals surface area contributed by atoms with E-state index in [2.05, 4.69) is 24.4 Å². The third kappa shape index (κ3) is 4.02. The Morgan fingerprint density at radius 3 is 2.56 bits per heavy atom. The molecule has 1 aliphatic carbocycles. The molecule has 1 unspecified atom stereocenters. The van der Waals surface area contributed by atoms with Gasteiger partial charge < -0.3 is 10.1 Å². The zero-order valence-corrected chi connectivity index (χ0v) is 11.6. The molecule has 1 saturated carbocycles. The maximum absolute atomic E-state index is 5.19. The van der Waals surface area contributed by atoms with Gasteiger partial charge in [-0.2, -0.15) is 0 Å². The Kier molecular flexibility index (Phi) is 5.06. The topological polar surface area (TPSA) is 21.3 Å². The predicted octanol–water partition coefficient (Wildman–Crippen LogP) is 3.93. The van der Waals surface area contributed by atoms with Crippen molar-refractivity contribution in [1.82, 2.24) is 5.32 Å². The molecule has 1 aromatic rings. The van der Waals surface area contributed by atoms with E-state index >= 15 is 0 Å². The molecule has 0 heterocycles. The summed E-state index contributed by atoms with van der Waals surface area (Å²) in [6.45, 7) is 3.38. The smallest absolute Gasteiger partial charge is 0.118 e. The summed E-state index contributed by atoms with van der Waals surface area (Å²) in [4.78, 5) is 0. The molecule has 100 valence electrons. The van der Waals surface area contributed by atoms with Crippen molar-refractivity contribution in [3.05, 3.63) is 29.8 Å². The van der Waals surface area contributed by atoms with Gasteiger partial charge in [0.1, 0.15) is 5.75 Å². The van der Waals surface area contributed by atoms with Crippen LogP contribution >= 0.6 is 0 Å². The Hall–Kier alpha value is -1.02. The second-order valence-corrected chi connectivity index (χ2v) is 5.27. The highest BCUT2D eigenvalue weighted by Gasteiger charge is 2.20. The van der Waals surface area contributed by atoms with E-state index in [0.717, 1.165) is 24.6 Å². The molecule has 0 saturated heterocycles. The highest BCUT2D eigenvalue weighted by atomic mass is 16.5. The average molecular weight is 247 g/mol. The summed E-state index contributed by atoms with van der Waals surface area (Å²) < 4.78 is 5.19.